The minimum absolute atomic E-state index is 0.126. The van der Waals surface area contributed by atoms with Gasteiger partial charge >= 0.3 is 6.09 Å². The van der Waals surface area contributed by atoms with E-state index in [0.717, 1.165) is 5.82 Å². The Hall–Kier alpha value is -1.89. The Bertz CT molecular complexity index is 493. The molecule has 116 valence electrons. The number of carbonyl (C=O) groups is 1. The van der Waals surface area contributed by atoms with Gasteiger partial charge < -0.3 is 19.6 Å². The highest BCUT2D eigenvalue weighted by Crippen LogP contribution is 2.15. The van der Waals surface area contributed by atoms with Crippen molar-refractivity contribution in [3.8, 4) is 0 Å². The molecule has 1 N–H and O–H groups in total. The topological polar surface area (TPSA) is 78.8 Å². The van der Waals surface area contributed by atoms with Crippen molar-refractivity contribution >= 4 is 11.9 Å². The van der Waals surface area contributed by atoms with Gasteiger partial charge in [-0.1, -0.05) is 0 Å². The van der Waals surface area contributed by atoms with Crippen LogP contribution in [0.15, 0.2) is 12.4 Å². The van der Waals surface area contributed by atoms with Crippen LogP contribution in [-0.4, -0.2) is 57.8 Å². The average molecular weight is 294 g/mol. The van der Waals surface area contributed by atoms with Crippen molar-refractivity contribution in [2.45, 2.75) is 33.0 Å². The van der Waals surface area contributed by atoms with Gasteiger partial charge in [0.2, 0.25) is 0 Å². The van der Waals surface area contributed by atoms with Gasteiger partial charge in [-0.15, -0.1) is 0 Å². The Morgan fingerprint density at radius 1 is 1.29 bits per heavy atom. The maximum Gasteiger partial charge on any atom is 0.410 e. The molecule has 1 aliphatic rings. The van der Waals surface area contributed by atoms with Gasteiger partial charge in [0.25, 0.3) is 0 Å². The largest absolute Gasteiger partial charge is 0.444 e. The van der Waals surface area contributed by atoms with Crippen LogP contribution in [0.3, 0.4) is 0 Å². The van der Waals surface area contributed by atoms with Crippen LogP contribution in [0.25, 0.3) is 0 Å². The van der Waals surface area contributed by atoms with E-state index in [4.69, 9.17) is 9.84 Å². The molecule has 0 saturated carbocycles. The van der Waals surface area contributed by atoms with E-state index < -0.39 is 5.60 Å². The third-order valence-electron chi connectivity index (χ3n) is 3.09. The van der Waals surface area contributed by atoms with Gasteiger partial charge in [-0.25, -0.2) is 9.78 Å². The summed E-state index contributed by atoms with van der Waals surface area (Å²) in [5, 5.41) is 9.09. The molecule has 1 saturated heterocycles. The Morgan fingerprint density at radius 3 is 2.52 bits per heavy atom. The summed E-state index contributed by atoms with van der Waals surface area (Å²) >= 11 is 0. The monoisotopic (exact) mass is 294 g/mol. The van der Waals surface area contributed by atoms with E-state index >= 15 is 0 Å². The first-order valence-corrected chi connectivity index (χ1v) is 7.04. The first-order valence-electron chi connectivity index (χ1n) is 7.04. The van der Waals surface area contributed by atoms with E-state index in [9.17, 15) is 4.79 Å². The van der Waals surface area contributed by atoms with Gasteiger partial charge in [0.1, 0.15) is 11.4 Å². The van der Waals surface area contributed by atoms with Crippen LogP contribution >= 0.6 is 0 Å². The number of hydrogen-bond acceptors (Lipinski definition) is 6. The number of amides is 1. The zero-order valence-corrected chi connectivity index (χ0v) is 12.7. The third kappa shape index (κ3) is 4.29. The molecule has 1 aromatic rings. The van der Waals surface area contributed by atoms with Crippen LogP contribution in [0.5, 0.6) is 0 Å². The Balaban J connectivity index is 1.92. The van der Waals surface area contributed by atoms with Crippen LogP contribution in [0, 0.1) is 0 Å². The molecule has 0 unspecified atom stereocenters. The summed E-state index contributed by atoms with van der Waals surface area (Å²) in [5.41, 5.74) is 0.0666. The molecule has 1 aliphatic heterocycles. The molecule has 2 heterocycles. The molecule has 0 aliphatic carbocycles. The summed E-state index contributed by atoms with van der Waals surface area (Å²) in [6.07, 6.45) is 2.93. The maximum absolute atomic E-state index is 12.0. The molecule has 2 rings (SSSR count). The lowest BCUT2D eigenvalue weighted by molar-refractivity contribution is 0.0240. The Labute approximate surface area is 124 Å². The minimum Gasteiger partial charge on any atom is -0.444 e. The molecule has 0 atom stereocenters. The smallest absolute Gasteiger partial charge is 0.410 e. The van der Waals surface area contributed by atoms with Gasteiger partial charge in [-0.05, 0) is 20.8 Å². The van der Waals surface area contributed by atoms with Gasteiger partial charge in [0.05, 0.1) is 24.7 Å². The van der Waals surface area contributed by atoms with Gasteiger partial charge in [0, 0.05) is 26.2 Å². The Kier molecular flexibility index (Phi) is 4.62. The highest BCUT2D eigenvalue weighted by Gasteiger charge is 2.26. The van der Waals surface area contributed by atoms with E-state index in [1.54, 1.807) is 17.3 Å². The molecular formula is C14H22N4O3. The van der Waals surface area contributed by atoms with Crippen molar-refractivity contribution in [3.05, 3.63) is 18.1 Å². The molecule has 0 radical (unpaired) electrons. The van der Waals surface area contributed by atoms with Crippen LogP contribution in [0.4, 0.5) is 10.6 Å². The first-order chi connectivity index (χ1) is 9.89. The van der Waals surface area contributed by atoms with Crippen molar-refractivity contribution in [1.29, 1.82) is 0 Å². The average Bonchev–Trinajstić information content (AvgIpc) is 2.46. The number of aliphatic hydroxyl groups excluding tert-OH is 1. The summed E-state index contributed by atoms with van der Waals surface area (Å²) in [5.74, 6) is 0.727. The Morgan fingerprint density at radius 2 is 1.95 bits per heavy atom. The number of nitrogens with zero attached hydrogens (tertiary/aromatic N) is 4. The number of rotatable bonds is 2. The lowest BCUT2D eigenvalue weighted by atomic mass is 10.2. The quantitative estimate of drug-likeness (QED) is 0.877. The molecule has 0 bridgehead atoms. The van der Waals surface area contributed by atoms with Crippen LogP contribution in [0.2, 0.25) is 0 Å². The summed E-state index contributed by atoms with van der Waals surface area (Å²) in [7, 11) is 0. The van der Waals surface area contributed by atoms with Crippen LogP contribution in [-0.2, 0) is 11.3 Å². The minimum atomic E-state index is -0.477. The van der Waals surface area contributed by atoms with Gasteiger partial charge in [-0.3, -0.25) is 4.98 Å². The van der Waals surface area contributed by atoms with Crippen molar-refractivity contribution in [1.82, 2.24) is 14.9 Å². The normalized spacial score (nSPS) is 16.0. The zero-order chi connectivity index (χ0) is 15.5. The number of anilines is 1. The molecule has 1 aromatic heterocycles. The number of aromatic nitrogens is 2. The fraction of sp³-hybridized carbons (Fsp3) is 0.643. The fourth-order valence-corrected chi connectivity index (χ4v) is 2.07. The van der Waals surface area contributed by atoms with E-state index in [1.807, 2.05) is 25.7 Å². The van der Waals surface area contributed by atoms with Crippen molar-refractivity contribution in [2.75, 3.05) is 31.1 Å². The van der Waals surface area contributed by atoms with Gasteiger partial charge in [-0.2, -0.15) is 0 Å². The molecule has 1 amide bonds. The number of piperazine rings is 1. The van der Waals surface area contributed by atoms with Crippen molar-refractivity contribution in [3.63, 3.8) is 0 Å². The number of carbonyl (C=O) groups excluding carboxylic acids is 1. The summed E-state index contributed by atoms with van der Waals surface area (Å²) < 4.78 is 5.36. The van der Waals surface area contributed by atoms with Crippen LogP contribution < -0.4 is 4.90 Å². The molecule has 7 nitrogen and oxygen atoms in total. The third-order valence-corrected chi connectivity index (χ3v) is 3.09. The molecule has 1 fully saturated rings. The second kappa shape index (κ2) is 6.26. The predicted octanol–water partition coefficient (Wildman–Crippen LogP) is 1.03. The van der Waals surface area contributed by atoms with E-state index in [2.05, 4.69) is 9.97 Å². The summed E-state index contributed by atoms with van der Waals surface area (Å²) in [6, 6.07) is 0. The van der Waals surface area contributed by atoms with Crippen molar-refractivity contribution < 1.29 is 14.6 Å². The molecule has 21 heavy (non-hydrogen) atoms. The summed E-state index contributed by atoms with van der Waals surface area (Å²) in [4.78, 5) is 24.1. The van der Waals surface area contributed by atoms with Crippen molar-refractivity contribution in [2.24, 2.45) is 0 Å². The molecule has 0 spiro atoms. The number of ether oxygens (including phenoxy) is 1. The van der Waals surface area contributed by atoms with E-state index in [1.165, 1.54) is 0 Å². The van der Waals surface area contributed by atoms with Crippen LogP contribution in [0.1, 0.15) is 26.5 Å². The zero-order valence-electron chi connectivity index (χ0n) is 12.7. The number of hydrogen-bond donors (Lipinski definition) is 1. The molecular weight excluding hydrogens is 272 g/mol. The fourth-order valence-electron chi connectivity index (χ4n) is 2.07. The van der Waals surface area contributed by atoms with E-state index in [-0.39, 0.29) is 12.7 Å². The maximum atomic E-state index is 12.0. The lowest BCUT2D eigenvalue weighted by Gasteiger charge is -2.36. The lowest BCUT2D eigenvalue weighted by Crippen LogP contribution is -2.50. The second-order valence-electron chi connectivity index (χ2n) is 5.98. The predicted molar refractivity (Wildman–Crippen MR) is 78.0 cm³/mol. The first kappa shape index (κ1) is 15.5. The standard InChI is InChI=1S/C14H22N4O3/c1-14(2,3)21-13(20)18-6-4-17(5-7-18)12-9-15-8-11(10-19)16-12/h8-9,19H,4-7,10H2,1-3H3. The second-order valence-corrected chi connectivity index (χ2v) is 5.98. The highest BCUT2D eigenvalue weighted by atomic mass is 16.6. The summed E-state index contributed by atoms with van der Waals surface area (Å²) in [6.45, 7) is 7.95. The van der Waals surface area contributed by atoms with Gasteiger partial charge in [0.15, 0.2) is 0 Å². The molecule has 0 aromatic carbocycles. The molecule has 7 heteroatoms. The number of aliphatic hydroxyl groups is 1. The van der Waals surface area contributed by atoms with E-state index in [0.29, 0.717) is 31.9 Å². The SMILES string of the molecule is CC(C)(C)OC(=O)N1CCN(c2cncc(CO)n2)CC1. The highest BCUT2D eigenvalue weighted by molar-refractivity contribution is 5.68.